The molecule has 2 rings (SSSR count). The Bertz CT molecular complexity index is 404. The monoisotopic (exact) mass is 285 g/mol. The molecule has 8 heteroatoms. The van der Waals surface area contributed by atoms with Gasteiger partial charge in [0.05, 0.1) is 25.8 Å². The summed E-state index contributed by atoms with van der Waals surface area (Å²) >= 11 is 0. The largest absolute Gasteiger partial charge is 0.481 e. The summed E-state index contributed by atoms with van der Waals surface area (Å²) in [6.45, 7) is 2.88. The minimum Gasteiger partial charge on any atom is -0.481 e. The average molecular weight is 285 g/mol. The molecule has 2 amide bonds. The predicted octanol–water partition coefficient (Wildman–Crippen LogP) is -1.98. The highest BCUT2D eigenvalue weighted by molar-refractivity contribution is 5.87. The molecule has 3 atom stereocenters. The average Bonchev–Trinajstić information content (AvgIpc) is 2.89. The highest BCUT2D eigenvalue weighted by Crippen LogP contribution is 2.21. The lowest BCUT2D eigenvalue weighted by atomic mass is 10.0. The number of nitrogens with one attached hydrogen (secondary N) is 2. The van der Waals surface area contributed by atoms with Crippen LogP contribution in [-0.2, 0) is 19.1 Å². The van der Waals surface area contributed by atoms with Crippen molar-refractivity contribution in [3.05, 3.63) is 0 Å². The van der Waals surface area contributed by atoms with Crippen LogP contribution in [0.15, 0.2) is 0 Å². The Morgan fingerprint density at radius 3 is 2.75 bits per heavy atom. The number of piperazine rings is 1. The van der Waals surface area contributed by atoms with Crippen LogP contribution >= 0.6 is 0 Å². The van der Waals surface area contributed by atoms with Crippen molar-refractivity contribution in [2.24, 2.45) is 5.92 Å². The van der Waals surface area contributed by atoms with Gasteiger partial charge in [-0.25, -0.2) is 0 Å². The predicted molar refractivity (Wildman–Crippen MR) is 67.9 cm³/mol. The first kappa shape index (κ1) is 14.7. The van der Waals surface area contributed by atoms with Crippen LogP contribution in [-0.4, -0.2) is 72.7 Å². The quantitative estimate of drug-likeness (QED) is 0.552. The van der Waals surface area contributed by atoms with Crippen molar-refractivity contribution in [1.82, 2.24) is 15.5 Å². The van der Waals surface area contributed by atoms with Crippen LogP contribution in [0.4, 0.5) is 0 Å². The second kappa shape index (κ2) is 6.19. The Kier molecular flexibility index (Phi) is 4.56. The fraction of sp³-hybridized carbons (Fsp3) is 0.750. The maximum atomic E-state index is 12.5. The maximum Gasteiger partial charge on any atom is 0.311 e. The van der Waals surface area contributed by atoms with E-state index >= 15 is 0 Å². The summed E-state index contributed by atoms with van der Waals surface area (Å²) in [6, 6.07) is -0.966. The van der Waals surface area contributed by atoms with Crippen LogP contribution in [0.25, 0.3) is 0 Å². The molecule has 8 nitrogen and oxygen atoms in total. The van der Waals surface area contributed by atoms with Crippen LogP contribution in [0.2, 0.25) is 0 Å². The van der Waals surface area contributed by atoms with E-state index in [0.29, 0.717) is 6.54 Å². The van der Waals surface area contributed by atoms with Gasteiger partial charge in [0.15, 0.2) is 0 Å². The number of carboxylic acid groups (broad SMARTS) is 1. The van der Waals surface area contributed by atoms with Gasteiger partial charge < -0.3 is 20.1 Å². The molecule has 2 heterocycles. The third kappa shape index (κ3) is 2.91. The normalized spacial score (nSPS) is 29.9. The number of carboxylic acids is 1. The molecule has 0 aliphatic carbocycles. The van der Waals surface area contributed by atoms with Crippen molar-refractivity contribution < 1.29 is 24.2 Å². The number of carbonyl (C=O) groups excluding carboxylic acids is 2. The van der Waals surface area contributed by atoms with Crippen molar-refractivity contribution in [2.75, 3.05) is 32.8 Å². The summed E-state index contributed by atoms with van der Waals surface area (Å²) < 4.78 is 5.20. The summed E-state index contributed by atoms with van der Waals surface area (Å²) in [5.74, 6) is -2.00. The molecule has 112 valence electrons. The molecule has 0 spiro atoms. The molecule has 2 aliphatic heterocycles. The lowest BCUT2D eigenvalue weighted by Gasteiger charge is -2.34. The first-order valence-electron chi connectivity index (χ1n) is 6.65. The first-order valence-corrected chi connectivity index (χ1v) is 6.65. The summed E-state index contributed by atoms with van der Waals surface area (Å²) in [4.78, 5) is 36.2. The van der Waals surface area contributed by atoms with Crippen molar-refractivity contribution in [2.45, 2.75) is 19.0 Å². The van der Waals surface area contributed by atoms with E-state index in [0.717, 1.165) is 0 Å². The molecular formula is C12H19N3O5. The molecule has 0 radical (unpaired) electrons. The molecule has 3 N–H and O–H groups in total. The zero-order chi connectivity index (χ0) is 14.7. The molecule has 0 aromatic rings. The fourth-order valence-corrected chi connectivity index (χ4v) is 2.58. The van der Waals surface area contributed by atoms with Crippen LogP contribution < -0.4 is 10.6 Å². The zero-order valence-corrected chi connectivity index (χ0v) is 11.3. The lowest BCUT2D eigenvalue weighted by molar-refractivity contribution is -0.145. The van der Waals surface area contributed by atoms with Gasteiger partial charge in [0.25, 0.3) is 0 Å². The smallest absolute Gasteiger partial charge is 0.311 e. The van der Waals surface area contributed by atoms with Crippen molar-refractivity contribution in [3.8, 4) is 0 Å². The zero-order valence-electron chi connectivity index (χ0n) is 11.3. The summed E-state index contributed by atoms with van der Waals surface area (Å²) in [6.07, 6.45) is 0. The summed E-state index contributed by atoms with van der Waals surface area (Å²) in [7, 11) is 0. The van der Waals surface area contributed by atoms with E-state index in [9.17, 15) is 14.4 Å². The standard InChI is InChI=1S/C12H19N3O5/c1-2-15(9-6-20-5-7(9)12(18)19)11(17)8-3-14-10(16)4-13-8/h7-9,13H,2-6H2,1H3,(H,14,16)(H,18,19). The molecule has 0 aromatic carbocycles. The maximum absolute atomic E-state index is 12.5. The number of amides is 2. The molecule has 20 heavy (non-hydrogen) atoms. The molecule has 0 bridgehead atoms. The Morgan fingerprint density at radius 1 is 1.45 bits per heavy atom. The number of nitrogens with zero attached hydrogens (tertiary/aromatic N) is 1. The number of aliphatic carboxylic acids is 1. The Balaban J connectivity index is 2.05. The third-order valence-corrected chi connectivity index (χ3v) is 3.70. The van der Waals surface area contributed by atoms with Crippen LogP contribution in [0.5, 0.6) is 0 Å². The number of rotatable bonds is 4. The van der Waals surface area contributed by atoms with Gasteiger partial charge in [-0.2, -0.15) is 0 Å². The molecule has 3 unspecified atom stereocenters. The Morgan fingerprint density at radius 2 is 2.20 bits per heavy atom. The molecule has 0 aromatic heterocycles. The lowest BCUT2D eigenvalue weighted by Crippen LogP contribution is -2.61. The molecule has 2 saturated heterocycles. The van der Waals surface area contributed by atoms with Crippen LogP contribution in [0.3, 0.4) is 0 Å². The second-order valence-electron chi connectivity index (χ2n) is 4.91. The molecule has 2 fully saturated rings. The third-order valence-electron chi connectivity index (χ3n) is 3.70. The van der Waals surface area contributed by atoms with Crippen LogP contribution in [0.1, 0.15) is 6.92 Å². The molecule has 0 saturated carbocycles. The van der Waals surface area contributed by atoms with E-state index in [1.807, 2.05) is 0 Å². The van der Waals surface area contributed by atoms with Gasteiger partial charge in [-0.05, 0) is 6.92 Å². The Hall–Kier alpha value is -1.67. The number of hydrogen-bond donors (Lipinski definition) is 3. The van der Waals surface area contributed by atoms with Crippen molar-refractivity contribution in [1.29, 1.82) is 0 Å². The minimum absolute atomic E-state index is 0.0947. The van der Waals surface area contributed by atoms with E-state index in [1.165, 1.54) is 4.90 Å². The minimum atomic E-state index is -0.955. The molecule has 2 aliphatic rings. The summed E-state index contributed by atoms with van der Waals surface area (Å²) in [5.41, 5.74) is 0. The van der Waals surface area contributed by atoms with Gasteiger partial charge in [0, 0.05) is 13.1 Å². The van der Waals surface area contributed by atoms with Gasteiger partial charge in [-0.1, -0.05) is 0 Å². The van der Waals surface area contributed by atoms with Gasteiger partial charge in [0.2, 0.25) is 11.8 Å². The number of carbonyl (C=O) groups is 3. The topological polar surface area (TPSA) is 108 Å². The number of hydrogen-bond acceptors (Lipinski definition) is 5. The molecular weight excluding hydrogens is 266 g/mol. The van der Waals surface area contributed by atoms with Crippen LogP contribution in [0, 0.1) is 5.92 Å². The summed E-state index contributed by atoms with van der Waals surface area (Å²) in [5, 5.41) is 14.6. The first-order chi connectivity index (χ1) is 9.54. The van der Waals surface area contributed by atoms with Gasteiger partial charge >= 0.3 is 5.97 Å². The van der Waals surface area contributed by atoms with E-state index in [-0.39, 0.29) is 38.1 Å². The van der Waals surface area contributed by atoms with E-state index < -0.39 is 24.0 Å². The van der Waals surface area contributed by atoms with Gasteiger partial charge in [-0.15, -0.1) is 0 Å². The van der Waals surface area contributed by atoms with Crippen molar-refractivity contribution >= 4 is 17.8 Å². The highest BCUT2D eigenvalue weighted by atomic mass is 16.5. The van der Waals surface area contributed by atoms with Crippen molar-refractivity contribution in [3.63, 3.8) is 0 Å². The SMILES string of the molecule is CCN(C(=O)C1CNC(=O)CN1)C1COCC1C(=O)O. The number of likely N-dealkylation sites (N-methyl/N-ethyl adjacent to an activating group) is 1. The van der Waals surface area contributed by atoms with Gasteiger partial charge in [0.1, 0.15) is 12.0 Å². The van der Waals surface area contributed by atoms with E-state index in [1.54, 1.807) is 6.92 Å². The highest BCUT2D eigenvalue weighted by Gasteiger charge is 2.41. The fourth-order valence-electron chi connectivity index (χ4n) is 2.58. The second-order valence-corrected chi connectivity index (χ2v) is 4.91. The Labute approximate surface area is 116 Å². The van der Waals surface area contributed by atoms with E-state index in [2.05, 4.69) is 10.6 Å². The number of ether oxygens (including phenoxy) is 1. The van der Waals surface area contributed by atoms with Gasteiger partial charge in [-0.3, -0.25) is 19.7 Å². The van der Waals surface area contributed by atoms with E-state index in [4.69, 9.17) is 9.84 Å².